The van der Waals surface area contributed by atoms with Gasteiger partial charge in [0, 0.05) is 13.1 Å². The van der Waals surface area contributed by atoms with E-state index in [9.17, 15) is 18.0 Å². The summed E-state index contributed by atoms with van der Waals surface area (Å²) in [5.41, 5.74) is 0. The van der Waals surface area contributed by atoms with Crippen LogP contribution < -0.4 is 5.32 Å². The molecule has 1 saturated heterocycles. The average molecular weight is 238 g/mol. The number of halogens is 3. The Morgan fingerprint density at radius 1 is 1.06 bits per heavy atom. The summed E-state index contributed by atoms with van der Waals surface area (Å²) in [6.07, 6.45) is 0.654. The van der Waals surface area contributed by atoms with E-state index in [-0.39, 0.29) is 0 Å². The number of nitrogens with one attached hydrogen (secondary N) is 1. The Balaban J connectivity index is 2.33. The Hall–Kier alpha value is -0.940. The zero-order valence-corrected chi connectivity index (χ0v) is 9.15. The zero-order chi connectivity index (χ0) is 12.0. The van der Waals surface area contributed by atoms with E-state index in [0.29, 0.717) is 13.1 Å². The van der Waals surface area contributed by atoms with Gasteiger partial charge in [-0.3, -0.25) is 0 Å². The molecule has 6 heteroatoms. The number of likely N-dealkylation sites (tertiary alicyclic amines) is 1. The SMILES string of the molecule is O=C(NCC(F)(F)F)N1CCCCCCC1. The Bertz CT molecular complexity index is 223. The third kappa shape index (κ3) is 5.23. The van der Waals surface area contributed by atoms with E-state index in [2.05, 4.69) is 0 Å². The Morgan fingerprint density at radius 3 is 2.06 bits per heavy atom. The van der Waals surface area contributed by atoms with Gasteiger partial charge in [-0.2, -0.15) is 13.2 Å². The van der Waals surface area contributed by atoms with Crippen LogP contribution >= 0.6 is 0 Å². The van der Waals surface area contributed by atoms with Crippen molar-refractivity contribution in [3.63, 3.8) is 0 Å². The van der Waals surface area contributed by atoms with Gasteiger partial charge in [-0.25, -0.2) is 4.79 Å². The summed E-state index contributed by atoms with van der Waals surface area (Å²) in [6, 6.07) is -0.598. The molecule has 0 radical (unpaired) electrons. The van der Waals surface area contributed by atoms with Gasteiger partial charge in [-0.05, 0) is 12.8 Å². The molecule has 1 N–H and O–H groups in total. The monoisotopic (exact) mass is 238 g/mol. The second kappa shape index (κ2) is 5.96. The molecular weight excluding hydrogens is 221 g/mol. The van der Waals surface area contributed by atoms with Crippen LogP contribution in [0.5, 0.6) is 0 Å². The zero-order valence-electron chi connectivity index (χ0n) is 9.15. The molecule has 0 aromatic heterocycles. The molecule has 1 aliphatic heterocycles. The second-order valence-electron chi connectivity index (χ2n) is 4.03. The van der Waals surface area contributed by atoms with Crippen molar-refractivity contribution in [3.8, 4) is 0 Å². The van der Waals surface area contributed by atoms with E-state index in [4.69, 9.17) is 0 Å². The van der Waals surface area contributed by atoms with Crippen LogP contribution in [0, 0.1) is 0 Å². The van der Waals surface area contributed by atoms with Crippen molar-refractivity contribution in [2.24, 2.45) is 0 Å². The van der Waals surface area contributed by atoms with Gasteiger partial charge in [0.15, 0.2) is 0 Å². The summed E-state index contributed by atoms with van der Waals surface area (Å²) in [4.78, 5) is 12.9. The molecule has 3 nitrogen and oxygen atoms in total. The first-order chi connectivity index (χ1) is 7.49. The van der Waals surface area contributed by atoms with Gasteiger partial charge in [0.1, 0.15) is 6.54 Å². The van der Waals surface area contributed by atoms with Crippen molar-refractivity contribution in [3.05, 3.63) is 0 Å². The minimum absolute atomic E-state index is 0.559. The summed E-state index contributed by atoms with van der Waals surface area (Å²) in [5, 5.41) is 1.90. The fourth-order valence-electron chi connectivity index (χ4n) is 1.74. The smallest absolute Gasteiger partial charge is 0.329 e. The van der Waals surface area contributed by atoms with Gasteiger partial charge in [0.05, 0.1) is 0 Å². The molecule has 2 amide bonds. The number of hydrogen-bond acceptors (Lipinski definition) is 1. The first-order valence-electron chi connectivity index (χ1n) is 5.58. The van der Waals surface area contributed by atoms with Crippen molar-refractivity contribution < 1.29 is 18.0 Å². The molecular formula is C10H17F3N2O. The minimum atomic E-state index is -4.33. The van der Waals surface area contributed by atoms with Gasteiger partial charge in [-0.15, -0.1) is 0 Å². The fraction of sp³-hybridized carbons (Fsp3) is 0.900. The molecule has 0 bridgehead atoms. The lowest BCUT2D eigenvalue weighted by atomic mass is 10.1. The largest absolute Gasteiger partial charge is 0.405 e. The van der Waals surface area contributed by atoms with Crippen LogP contribution in [-0.2, 0) is 0 Å². The van der Waals surface area contributed by atoms with Gasteiger partial charge in [0.2, 0.25) is 0 Å². The van der Waals surface area contributed by atoms with Crippen LogP contribution in [0.1, 0.15) is 32.1 Å². The first kappa shape index (κ1) is 13.1. The topological polar surface area (TPSA) is 32.3 Å². The molecule has 16 heavy (non-hydrogen) atoms. The van der Waals surface area contributed by atoms with Crippen LogP contribution in [0.2, 0.25) is 0 Å². The molecule has 0 spiro atoms. The fourth-order valence-corrected chi connectivity index (χ4v) is 1.74. The molecule has 0 aliphatic carbocycles. The van der Waals surface area contributed by atoms with E-state index in [1.165, 1.54) is 4.90 Å². The molecule has 0 aromatic rings. The number of carbonyl (C=O) groups is 1. The van der Waals surface area contributed by atoms with Gasteiger partial charge in [0.25, 0.3) is 0 Å². The number of urea groups is 1. The van der Waals surface area contributed by atoms with Crippen molar-refractivity contribution in [1.82, 2.24) is 10.2 Å². The van der Waals surface area contributed by atoms with Gasteiger partial charge >= 0.3 is 12.2 Å². The van der Waals surface area contributed by atoms with Crippen LogP contribution in [0.4, 0.5) is 18.0 Å². The molecule has 94 valence electrons. The predicted molar refractivity (Wildman–Crippen MR) is 54.1 cm³/mol. The molecule has 1 rings (SSSR count). The molecule has 0 saturated carbocycles. The van der Waals surface area contributed by atoms with Gasteiger partial charge < -0.3 is 10.2 Å². The predicted octanol–water partition coefficient (Wildman–Crippen LogP) is 2.52. The third-order valence-electron chi connectivity index (χ3n) is 2.58. The highest BCUT2D eigenvalue weighted by Gasteiger charge is 2.28. The summed E-state index contributed by atoms with van der Waals surface area (Å²) in [6.45, 7) is -0.129. The van der Waals surface area contributed by atoms with E-state index in [0.717, 1.165) is 32.1 Å². The Kier molecular flexibility index (Phi) is 4.89. The quantitative estimate of drug-likeness (QED) is 0.748. The molecule has 0 aromatic carbocycles. The molecule has 1 heterocycles. The van der Waals surface area contributed by atoms with Crippen LogP contribution in [-0.4, -0.2) is 36.7 Å². The molecule has 0 unspecified atom stereocenters. The first-order valence-corrected chi connectivity index (χ1v) is 5.58. The maximum atomic E-state index is 11.9. The van der Waals surface area contributed by atoms with Crippen LogP contribution in [0.25, 0.3) is 0 Å². The van der Waals surface area contributed by atoms with Crippen LogP contribution in [0.15, 0.2) is 0 Å². The lowest BCUT2D eigenvalue weighted by Crippen LogP contribution is -2.44. The summed E-state index contributed by atoms with van der Waals surface area (Å²) >= 11 is 0. The summed E-state index contributed by atoms with van der Waals surface area (Å²) < 4.78 is 35.7. The number of alkyl halides is 3. The number of rotatable bonds is 1. The third-order valence-corrected chi connectivity index (χ3v) is 2.58. The number of nitrogens with zero attached hydrogens (tertiary/aromatic N) is 1. The Morgan fingerprint density at radius 2 is 1.56 bits per heavy atom. The second-order valence-corrected chi connectivity index (χ2v) is 4.03. The van der Waals surface area contributed by atoms with Crippen LogP contribution in [0.3, 0.4) is 0 Å². The highest BCUT2D eigenvalue weighted by atomic mass is 19.4. The number of carbonyl (C=O) groups excluding carboxylic acids is 1. The van der Waals surface area contributed by atoms with Gasteiger partial charge in [-0.1, -0.05) is 19.3 Å². The number of amides is 2. The van der Waals surface area contributed by atoms with E-state index in [1.54, 1.807) is 0 Å². The van der Waals surface area contributed by atoms with Crippen molar-refractivity contribution in [2.45, 2.75) is 38.3 Å². The van der Waals surface area contributed by atoms with E-state index >= 15 is 0 Å². The molecule has 1 fully saturated rings. The standard InChI is InChI=1S/C10H17F3N2O/c11-10(12,13)8-14-9(16)15-6-4-2-1-3-5-7-15/h1-8H2,(H,14,16). The lowest BCUT2D eigenvalue weighted by molar-refractivity contribution is -0.123. The Labute approximate surface area is 93.0 Å². The molecule has 1 aliphatic rings. The normalized spacial score (nSPS) is 18.8. The molecule has 0 atom stereocenters. The summed E-state index contributed by atoms with van der Waals surface area (Å²) in [5.74, 6) is 0. The summed E-state index contributed by atoms with van der Waals surface area (Å²) in [7, 11) is 0. The lowest BCUT2D eigenvalue weighted by Gasteiger charge is -2.25. The maximum Gasteiger partial charge on any atom is 0.405 e. The van der Waals surface area contributed by atoms with Crippen molar-refractivity contribution in [1.29, 1.82) is 0 Å². The average Bonchev–Trinajstić information content (AvgIpc) is 2.12. The number of hydrogen-bond donors (Lipinski definition) is 1. The highest BCUT2D eigenvalue weighted by molar-refractivity contribution is 5.74. The van der Waals surface area contributed by atoms with E-state index < -0.39 is 18.8 Å². The van der Waals surface area contributed by atoms with E-state index in [1.807, 2.05) is 5.32 Å². The highest BCUT2D eigenvalue weighted by Crippen LogP contribution is 2.13. The minimum Gasteiger partial charge on any atom is -0.329 e. The van der Waals surface area contributed by atoms with Crippen molar-refractivity contribution >= 4 is 6.03 Å². The maximum absolute atomic E-state index is 11.9. The van der Waals surface area contributed by atoms with Crippen molar-refractivity contribution in [2.75, 3.05) is 19.6 Å².